The van der Waals surface area contributed by atoms with E-state index in [1.165, 1.54) is 13.1 Å². The summed E-state index contributed by atoms with van der Waals surface area (Å²) in [5.41, 5.74) is 7.33. The smallest absolute Gasteiger partial charge is 0.238 e. The molecule has 2 atom stereocenters. The molecular formula is C14H21FN4O3S. The van der Waals surface area contributed by atoms with Crippen molar-refractivity contribution in [2.75, 3.05) is 19.3 Å². The minimum absolute atomic E-state index is 0.0422. The average molecular weight is 344 g/mol. The molecule has 1 aliphatic heterocycles. The van der Waals surface area contributed by atoms with Crippen LogP contribution in [-0.4, -0.2) is 39.7 Å². The highest BCUT2D eigenvalue weighted by Crippen LogP contribution is 2.23. The van der Waals surface area contributed by atoms with E-state index in [0.717, 1.165) is 5.56 Å². The number of aryl methyl sites for hydroxylation is 1. The SMILES string of the molecule is CNS(=O)(=O)CCNC(=O)C1CC(c2ccc(F)c(C)c2)NN1. The van der Waals surface area contributed by atoms with Crippen molar-refractivity contribution in [2.24, 2.45) is 0 Å². The summed E-state index contributed by atoms with van der Waals surface area (Å²) in [6, 6.07) is 4.26. The van der Waals surface area contributed by atoms with Crippen LogP contribution >= 0.6 is 0 Å². The van der Waals surface area contributed by atoms with Crippen molar-refractivity contribution < 1.29 is 17.6 Å². The van der Waals surface area contributed by atoms with Crippen molar-refractivity contribution >= 4 is 15.9 Å². The molecule has 1 aliphatic rings. The third kappa shape index (κ3) is 4.71. The predicted molar refractivity (Wildman–Crippen MR) is 84.4 cm³/mol. The second-order valence-corrected chi connectivity index (χ2v) is 7.50. The fraction of sp³-hybridized carbons (Fsp3) is 0.500. The van der Waals surface area contributed by atoms with E-state index in [9.17, 15) is 17.6 Å². The maximum atomic E-state index is 13.3. The van der Waals surface area contributed by atoms with E-state index in [2.05, 4.69) is 20.9 Å². The van der Waals surface area contributed by atoms with Gasteiger partial charge in [0.25, 0.3) is 0 Å². The van der Waals surface area contributed by atoms with Crippen LogP contribution in [-0.2, 0) is 14.8 Å². The van der Waals surface area contributed by atoms with Crippen molar-refractivity contribution in [3.8, 4) is 0 Å². The molecule has 1 saturated heterocycles. The van der Waals surface area contributed by atoms with Gasteiger partial charge in [0.2, 0.25) is 15.9 Å². The lowest BCUT2D eigenvalue weighted by Gasteiger charge is -2.11. The van der Waals surface area contributed by atoms with Gasteiger partial charge in [0, 0.05) is 12.6 Å². The summed E-state index contributed by atoms with van der Waals surface area (Å²) < 4.78 is 38.0. The molecule has 0 aromatic heterocycles. The summed E-state index contributed by atoms with van der Waals surface area (Å²) in [7, 11) is -2.01. The first-order chi connectivity index (χ1) is 10.8. The fourth-order valence-electron chi connectivity index (χ4n) is 2.37. The molecular weight excluding hydrogens is 323 g/mol. The Morgan fingerprint density at radius 1 is 1.39 bits per heavy atom. The second-order valence-electron chi connectivity index (χ2n) is 5.45. The Balaban J connectivity index is 1.87. The zero-order valence-electron chi connectivity index (χ0n) is 13.0. The molecule has 2 rings (SSSR count). The maximum Gasteiger partial charge on any atom is 0.238 e. The lowest BCUT2D eigenvalue weighted by atomic mass is 10.00. The molecule has 0 saturated carbocycles. The first kappa shape index (κ1) is 17.8. The Hall–Kier alpha value is -1.55. The Morgan fingerprint density at radius 2 is 2.13 bits per heavy atom. The standard InChI is InChI=1S/C14H21FN4O3S/c1-9-7-10(3-4-11(9)15)12-8-13(19-18-12)14(20)17-5-6-23(21,22)16-2/h3-4,7,12-13,16,18-19H,5-6,8H2,1-2H3,(H,17,20). The maximum absolute atomic E-state index is 13.3. The Kier molecular flexibility index (Phi) is 5.69. The van der Waals surface area contributed by atoms with Crippen molar-refractivity contribution in [1.29, 1.82) is 0 Å². The number of hydrogen-bond acceptors (Lipinski definition) is 5. The molecule has 0 aliphatic carbocycles. The van der Waals surface area contributed by atoms with Gasteiger partial charge in [-0.2, -0.15) is 0 Å². The van der Waals surface area contributed by atoms with E-state index in [4.69, 9.17) is 0 Å². The normalized spacial score (nSPS) is 21.3. The number of benzene rings is 1. The van der Waals surface area contributed by atoms with Crippen LogP contribution in [0.2, 0.25) is 0 Å². The molecule has 0 radical (unpaired) electrons. The number of hydrogen-bond donors (Lipinski definition) is 4. The number of rotatable bonds is 6. The van der Waals surface area contributed by atoms with Crippen LogP contribution in [0.1, 0.15) is 23.6 Å². The Morgan fingerprint density at radius 3 is 2.78 bits per heavy atom. The lowest BCUT2D eigenvalue weighted by Crippen LogP contribution is -2.44. The second kappa shape index (κ2) is 7.35. The quantitative estimate of drug-likeness (QED) is 0.568. The number of sulfonamides is 1. The highest BCUT2D eigenvalue weighted by atomic mass is 32.2. The van der Waals surface area contributed by atoms with Gasteiger partial charge in [-0.05, 0) is 37.6 Å². The molecule has 128 valence electrons. The van der Waals surface area contributed by atoms with Crippen molar-refractivity contribution in [1.82, 2.24) is 20.9 Å². The molecule has 0 bridgehead atoms. The summed E-state index contributed by atoms with van der Waals surface area (Å²) >= 11 is 0. The molecule has 7 nitrogen and oxygen atoms in total. The van der Waals surface area contributed by atoms with E-state index in [-0.39, 0.29) is 30.1 Å². The Labute approximate surface area is 135 Å². The van der Waals surface area contributed by atoms with Crippen LogP contribution in [0.25, 0.3) is 0 Å². The van der Waals surface area contributed by atoms with Gasteiger partial charge in [0.15, 0.2) is 0 Å². The summed E-state index contributed by atoms with van der Waals surface area (Å²) in [4.78, 5) is 12.0. The van der Waals surface area contributed by atoms with E-state index in [0.29, 0.717) is 12.0 Å². The molecule has 1 heterocycles. The van der Waals surface area contributed by atoms with Gasteiger partial charge >= 0.3 is 0 Å². The minimum Gasteiger partial charge on any atom is -0.354 e. The van der Waals surface area contributed by atoms with Crippen molar-refractivity contribution in [2.45, 2.75) is 25.4 Å². The third-order valence-electron chi connectivity index (χ3n) is 3.79. The molecule has 1 amide bonds. The van der Waals surface area contributed by atoms with Gasteiger partial charge in [0.1, 0.15) is 11.9 Å². The molecule has 23 heavy (non-hydrogen) atoms. The number of hydrazine groups is 1. The molecule has 1 aromatic carbocycles. The fourth-order valence-corrected chi connectivity index (χ4v) is 2.94. The first-order valence-electron chi connectivity index (χ1n) is 7.28. The summed E-state index contributed by atoms with van der Waals surface area (Å²) in [6.07, 6.45) is 0.496. The topological polar surface area (TPSA) is 99.3 Å². The summed E-state index contributed by atoms with van der Waals surface area (Å²) in [5, 5.41) is 2.59. The van der Waals surface area contributed by atoms with Crippen LogP contribution in [0.5, 0.6) is 0 Å². The van der Waals surface area contributed by atoms with Gasteiger partial charge in [0.05, 0.1) is 5.75 Å². The zero-order valence-corrected chi connectivity index (χ0v) is 13.8. The largest absolute Gasteiger partial charge is 0.354 e. The van der Waals surface area contributed by atoms with Crippen LogP contribution in [0.15, 0.2) is 18.2 Å². The summed E-state index contributed by atoms with van der Waals surface area (Å²) in [6.45, 7) is 1.73. The third-order valence-corrected chi connectivity index (χ3v) is 5.15. The van der Waals surface area contributed by atoms with Crippen LogP contribution < -0.4 is 20.9 Å². The van der Waals surface area contributed by atoms with E-state index in [1.807, 2.05) is 0 Å². The van der Waals surface area contributed by atoms with Gasteiger partial charge in [-0.25, -0.2) is 28.4 Å². The number of carbonyl (C=O) groups is 1. The van der Waals surface area contributed by atoms with Crippen LogP contribution in [0.3, 0.4) is 0 Å². The average Bonchev–Trinajstić information content (AvgIpc) is 3.00. The lowest BCUT2D eigenvalue weighted by molar-refractivity contribution is -0.122. The van der Waals surface area contributed by atoms with Gasteiger partial charge in [-0.15, -0.1) is 0 Å². The van der Waals surface area contributed by atoms with Crippen LogP contribution in [0, 0.1) is 12.7 Å². The molecule has 0 spiro atoms. The van der Waals surface area contributed by atoms with E-state index < -0.39 is 16.1 Å². The Bertz CT molecular complexity index is 681. The number of halogens is 1. The minimum atomic E-state index is -3.34. The molecule has 1 aromatic rings. The van der Waals surface area contributed by atoms with E-state index in [1.54, 1.807) is 19.1 Å². The molecule has 4 N–H and O–H groups in total. The number of carbonyl (C=O) groups excluding carboxylic acids is 1. The van der Waals surface area contributed by atoms with E-state index >= 15 is 0 Å². The van der Waals surface area contributed by atoms with Gasteiger partial charge in [-0.3, -0.25) is 4.79 Å². The van der Waals surface area contributed by atoms with Gasteiger partial charge in [-0.1, -0.05) is 12.1 Å². The number of amides is 1. The summed E-state index contributed by atoms with van der Waals surface area (Å²) in [5.74, 6) is -0.708. The van der Waals surface area contributed by atoms with Crippen molar-refractivity contribution in [3.05, 3.63) is 35.1 Å². The zero-order chi connectivity index (χ0) is 17.0. The van der Waals surface area contributed by atoms with Crippen LogP contribution in [0.4, 0.5) is 4.39 Å². The predicted octanol–water partition coefficient (Wildman–Crippen LogP) is -0.293. The highest BCUT2D eigenvalue weighted by Gasteiger charge is 2.30. The van der Waals surface area contributed by atoms with Crippen molar-refractivity contribution in [3.63, 3.8) is 0 Å². The van der Waals surface area contributed by atoms with Gasteiger partial charge < -0.3 is 5.32 Å². The number of nitrogens with one attached hydrogen (secondary N) is 4. The highest BCUT2D eigenvalue weighted by molar-refractivity contribution is 7.89. The monoisotopic (exact) mass is 344 g/mol. The molecule has 9 heteroatoms. The first-order valence-corrected chi connectivity index (χ1v) is 8.93. The molecule has 1 fully saturated rings. The molecule has 2 unspecified atom stereocenters.